The molecule has 3 unspecified atom stereocenters. The topological polar surface area (TPSA) is 95.9 Å². The van der Waals surface area contributed by atoms with Crippen molar-refractivity contribution in [1.82, 2.24) is 5.32 Å². The number of ether oxygens (including phenoxy) is 1. The lowest BCUT2D eigenvalue weighted by Gasteiger charge is -2.24. The highest BCUT2D eigenvalue weighted by Crippen LogP contribution is 2.19. The Labute approximate surface area is 418 Å². The molecule has 0 rings (SSSR count). The lowest BCUT2D eigenvalue weighted by molar-refractivity contribution is -0.151. The van der Waals surface area contributed by atoms with E-state index in [1.807, 2.05) is 0 Å². The first-order valence-electron chi connectivity index (χ1n) is 30.1. The molecule has 396 valence electrons. The van der Waals surface area contributed by atoms with E-state index in [1.54, 1.807) is 0 Å². The highest BCUT2D eigenvalue weighted by Gasteiger charge is 2.24. The van der Waals surface area contributed by atoms with Gasteiger partial charge in [-0.05, 0) is 51.4 Å². The summed E-state index contributed by atoms with van der Waals surface area (Å²) in [7, 11) is 0. The second-order valence-corrected chi connectivity index (χ2v) is 20.8. The fourth-order valence-electron chi connectivity index (χ4n) is 9.48. The molecule has 0 aromatic rings. The van der Waals surface area contributed by atoms with E-state index in [0.29, 0.717) is 19.3 Å². The van der Waals surface area contributed by atoms with Crippen LogP contribution in [0, 0.1) is 0 Å². The molecular weight excluding hydrogens is 827 g/mol. The number of allylic oxidation sites excluding steroid dienone is 4. The van der Waals surface area contributed by atoms with E-state index in [0.717, 1.165) is 57.8 Å². The molecule has 0 aliphatic carbocycles. The lowest BCUT2D eigenvalue weighted by atomic mass is 10.0. The van der Waals surface area contributed by atoms with Gasteiger partial charge in [-0.1, -0.05) is 289 Å². The van der Waals surface area contributed by atoms with Gasteiger partial charge in [-0.25, -0.2) is 0 Å². The first-order valence-corrected chi connectivity index (χ1v) is 30.1. The Hall–Kier alpha value is -1.66. The quantitative estimate of drug-likeness (QED) is 0.0321. The monoisotopic (exact) mass is 944 g/mol. The van der Waals surface area contributed by atoms with Crippen LogP contribution >= 0.6 is 0 Å². The van der Waals surface area contributed by atoms with Gasteiger partial charge < -0.3 is 20.3 Å². The number of unbranched alkanes of at least 4 members (excludes halogenated alkanes) is 40. The summed E-state index contributed by atoms with van der Waals surface area (Å²) in [5.41, 5.74) is 0. The third-order valence-electron chi connectivity index (χ3n) is 14.1. The SMILES string of the molecule is CCCCCCCCC/C=C/C=C/CCCCCC(=O)OC(CCCCCCCCCCCCCCCCCCC)CC(=O)NC(CO)C(O)CCCCCCCCCCCCCCCCC. The van der Waals surface area contributed by atoms with E-state index >= 15 is 0 Å². The summed E-state index contributed by atoms with van der Waals surface area (Å²) >= 11 is 0. The van der Waals surface area contributed by atoms with Crippen molar-refractivity contribution in [2.45, 2.75) is 347 Å². The van der Waals surface area contributed by atoms with Crippen LogP contribution in [0.15, 0.2) is 24.3 Å². The molecule has 3 atom stereocenters. The van der Waals surface area contributed by atoms with E-state index in [-0.39, 0.29) is 24.9 Å². The molecular formula is C61H117NO5. The molecule has 0 aliphatic heterocycles. The Morgan fingerprint density at radius 1 is 0.433 bits per heavy atom. The van der Waals surface area contributed by atoms with E-state index in [1.165, 1.54) is 225 Å². The van der Waals surface area contributed by atoms with E-state index in [2.05, 4.69) is 50.4 Å². The molecule has 0 saturated heterocycles. The molecule has 0 spiro atoms. The molecule has 0 heterocycles. The third-order valence-corrected chi connectivity index (χ3v) is 14.1. The average Bonchev–Trinajstić information content (AvgIpc) is 3.32. The Kier molecular flexibility index (Phi) is 53.9. The average molecular weight is 945 g/mol. The number of amides is 1. The van der Waals surface area contributed by atoms with Crippen molar-refractivity contribution >= 4 is 11.9 Å². The van der Waals surface area contributed by atoms with Gasteiger partial charge in [0.1, 0.15) is 6.10 Å². The van der Waals surface area contributed by atoms with E-state index < -0.39 is 18.2 Å². The van der Waals surface area contributed by atoms with Crippen molar-refractivity contribution in [2.75, 3.05) is 6.61 Å². The molecule has 0 aromatic heterocycles. The van der Waals surface area contributed by atoms with Crippen LogP contribution in [-0.2, 0) is 14.3 Å². The molecule has 0 radical (unpaired) electrons. The van der Waals surface area contributed by atoms with Crippen LogP contribution in [0.2, 0.25) is 0 Å². The van der Waals surface area contributed by atoms with Crippen LogP contribution in [0.4, 0.5) is 0 Å². The Bertz CT molecular complexity index is 1060. The van der Waals surface area contributed by atoms with Gasteiger partial charge in [-0.15, -0.1) is 0 Å². The molecule has 0 fully saturated rings. The zero-order chi connectivity index (χ0) is 48.8. The van der Waals surface area contributed by atoms with Gasteiger partial charge in [-0.3, -0.25) is 9.59 Å². The maximum atomic E-state index is 13.3. The van der Waals surface area contributed by atoms with E-state index in [4.69, 9.17) is 4.74 Å². The first-order chi connectivity index (χ1) is 33.0. The molecule has 67 heavy (non-hydrogen) atoms. The highest BCUT2D eigenvalue weighted by atomic mass is 16.5. The Morgan fingerprint density at radius 3 is 1.10 bits per heavy atom. The van der Waals surface area contributed by atoms with Crippen LogP contribution in [0.3, 0.4) is 0 Å². The molecule has 0 bridgehead atoms. The van der Waals surface area contributed by atoms with Crippen LogP contribution in [0.5, 0.6) is 0 Å². The van der Waals surface area contributed by atoms with Crippen LogP contribution < -0.4 is 5.32 Å². The van der Waals surface area contributed by atoms with Crippen molar-refractivity contribution in [3.05, 3.63) is 24.3 Å². The summed E-state index contributed by atoms with van der Waals surface area (Å²) < 4.78 is 5.96. The second kappa shape index (κ2) is 55.3. The molecule has 1 amide bonds. The van der Waals surface area contributed by atoms with Gasteiger partial charge in [0, 0.05) is 6.42 Å². The number of carbonyl (C=O) groups is 2. The number of nitrogens with one attached hydrogen (secondary N) is 1. The summed E-state index contributed by atoms with van der Waals surface area (Å²) in [5, 5.41) is 23.9. The number of hydrogen-bond acceptors (Lipinski definition) is 5. The number of aliphatic hydroxyl groups is 2. The standard InChI is InChI=1S/C61H117NO5/c1-4-7-10-13-16-19-22-25-28-30-32-34-37-40-43-46-49-52-57(67-61(66)54-51-48-45-42-39-36-33-29-26-23-20-17-14-11-8-5-2)55-60(65)62-58(56-63)59(64)53-50-47-44-41-38-35-31-27-24-21-18-15-12-9-6-3/h29,33,36,39,57-59,63-64H,4-28,30-32,34-35,37-38,40-56H2,1-3H3,(H,62,65)/b33-29+,39-36+. The normalized spacial score (nSPS) is 13.2. The van der Waals surface area contributed by atoms with E-state index in [9.17, 15) is 19.8 Å². The van der Waals surface area contributed by atoms with Gasteiger partial charge in [-0.2, -0.15) is 0 Å². The number of esters is 1. The third kappa shape index (κ3) is 50.5. The minimum atomic E-state index is -0.789. The molecule has 0 aromatic carbocycles. The summed E-state index contributed by atoms with van der Waals surface area (Å²) in [5.74, 6) is -0.483. The summed E-state index contributed by atoms with van der Waals surface area (Å²) in [6.07, 6.45) is 65.3. The maximum Gasteiger partial charge on any atom is 0.306 e. The molecule has 0 saturated carbocycles. The van der Waals surface area contributed by atoms with Crippen molar-refractivity contribution in [1.29, 1.82) is 0 Å². The second-order valence-electron chi connectivity index (χ2n) is 20.8. The van der Waals surface area contributed by atoms with Crippen molar-refractivity contribution in [2.24, 2.45) is 0 Å². The van der Waals surface area contributed by atoms with Crippen molar-refractivity contribution in [3.63, 3.8) is 0 Å². The predicted octanol–water partition coefficient (Wildman–Crippen LogP) is 18.6. The largest absolute Gasteiger partial charge is 0.462 e. The number of hydrogen-bond donors (Lipinski definition) is 3. The first kappa shape index (κ1) is 65.3. The molecule has 6 heteroatoms. The van der Waals surface area contributed by atoms with Gasteiger partial charge >= 0.3 is 5.97 Å². The van der Waals surface area contributed by atoms with Gasteiger partial charge in [0.05, 0.1) is 25.2 Å². The Balaban J connectivity index is 4.55. The van der Waals surface area contributed by atoms with Gasteiger partial charge in [0.25, 0.3) is 0 Å². The highest BCUT2D eigenvalue weighted by molar-refractivity contribution is 5.77. The van der Waals surface area contributed by atoms with Crippen molar-refractivity contribution in [3.8, 4) is 0 Å². The lowest BCUT2D eigenvalue weighted by Crippen LogP contribution is -2.46. The maximum absolute atomic E-state index is 13.3. The summed E-state index contributed by atoms with van der Waals surface area (Å²) in [4.78, 5) is 26.3. The summed E-state index contributed by atoms with van der Waals surface area (Å²) in [6.45, 7) is 6.52. The fourth-order valence-corrected chi connectivity index (χ4v) is 9.48. The van der Waals surface area contributed by atoms with Crippen molar-refractivity contribution < 1.29 is 24.5 Å². The van der Waals surface area contributed by atoms with Crippen LogP contribution in [0.1, 0.15) is 329 Å². The zero-order valence-electron chi connectivity index (χ0n) is 45.3. The number of aliphatic hydroxyl groups excluding tert-OH is 2. The molecule has 3 N–H and O–H groups in total. The van der Waals surface area contributed by atoms with Gasteiger partial charge in [0.15, 0.2) is 0 Å². The number of rotatable bonds is 55. The Morgan fingerprint density at radius 2 is 0.746 bits per heavy atom. The molecule has 6 nitrogen and oxygen atoms in total. The minimum absolute atomic E-state index is 0.0735. The zero-order valence-corrected chi connectivity index (χ0v) is 45.3. The van der Waals surface area contributed by atoms with Crippen LogP contribution in [-0.4, -0.2) is 46.9 Å². The van der Waals surface area contributed by atoms with Gasteiger partial charge in [0.2, 0.25) is 5.91 Å². The smallest absolute Gasteiger partial charge is 0.306 e. The fraction of sp³-hybridized carbons (Fsp3) is 0.902. The number of carbonyl (C=O) groups excluding carboxylic acids is 2. The summed E-state index contributed by atoms with van der Waals surface area (Å²) in [6, 6.07) is -0.703. The predicted molar refractivity (Wildman–Crippen MR) is 292 cm³/mol. The minimum Gasteiger partial charge on any atom is -0.462 e. The van der Waals surface area contributed by atoms with Crippen LogP contribution in [0.25, 0.3) is 0 Å². The molecule has 0 aliphatic rings.